The van der Waals surface area contributed by atoms with Crippen LogP contribution in [0.3, 0.4) is 0 Å². The maximum Gasteiger partial charge on any atom is 0.211 e. The first kappa shape index (κ1) is 22.1. The Hall–Kier alpha value is -3.71. The number of methoxy groups -OCH3 is 2. The number of aryl methyl sites for hydroxylation is 1. The van der Waals surface area contributed by atoms with Gasteiger partial charge < -0.3 is 9.47 Å². The number of thiazole rings is 1. The summed E-state index contributed by atoms with van der Waals surface area (Å²) in [5.74, 6) is 1.51. The van der Waals surface area contributed by atoms with Gasteiger partial charge in [-0.05, 0) is 61.6 Å². The molecule has 0 bridgehead atoms. The number of fused-ring (bicyclic) bond motifs is 1. The minimum Gasteiger partial charge on any atom is -0.497 e. The summed E-state index contributed by atoms with van der Waals surface area (Å²) in [6.07, 6.45) is 7.76. The molecule has 1 aliphatic carbocycles. The monoisotopic (exact) mass is 470 g/mol. The van der Waals surface area contributed by atoms with Crippen LogP contribution in [0, 0.1) is 0 Å². The number of rotatable bonds is 5. The fourth-order valence-electron chi connectivity index (χ4n) is 4.19. The second-order valence-corrected chi connectivity index (χ2v) is 8.85. The van der Waals surface area contributed by atoms with E-state index in [1.807, 2.05) is 35.0 Å². The molecule has 1 aliphatic rings. The highest BCUT2D eigenvalue weighted by atomic mass is 32.1. The Morgan fingerprint density at radius 3 is 2.65 bits per heavy atom. The van der Waals surface area contributed by atoms with Crippen molar-refractivity contribution < 1.29 is 9.47 Å². The van der Waals surface area contributed by atoms with Crippen LogP contribution in [0.15, 0.2) is 82.5 Å². The predicted octanol–water partition coefficient (Wildman–Crippen LogP) is 5.84. The number of hydrogen-bond acceptors (Lipinski definition) is 6. The molecular formula is C27H26N4O2S. The maximum atomic E-state index is 5.69. The van der Waals surface area contributed by atoms with Gasteiger partial charge >= 0.3 is 0 Å². The van der Waals surface area contributed by atoms with Crippen molar-refractivity contribution in [2.45, 2.75) is 25.7 Å². The van der Waals surface area contributed by atoms with Crippen molar-refractivity contribution >= 4 is 22.7 Å². The summed E-state index contributed by atoms with van der Waals surface area (Å²) in [6, 6.07) is 18.2. The Kier molecular flexibility index (Phi) is 6.53. The van der Waals surface area contributed by atoms with Gasteiger partial charge in [0.15, 0.2) is 0 Å². The summed E-state index contributed by atoms with van der Waals surface area (Å²) in [5, 5.41) is 7.28. The van der Waals surface area contributed by atoms with E-state index in [0.717, 1.165) is 64.6 Å². The average Bonchev–Trinajstić information content (AvgIpc) is 3.15. The molecule has 5 rings (SSSR count). The molecular weight excluding hydrogens is 444 g/mol. The van der Waals surface area contributed by atoms with Crippen molar-refractivity contribution in [1.29, 1.82) is 0 Å². The lowest BCUT2D eigenvalue weighted by Gasteiger charge is -2.13. The van der Waals surface area contributed by atoms with E-state index in [2.05, 4.69) is 34.6 Å². The summed E-state index contributed by atoms with van der Waals surface area (Å²) in [4.78, 5) is 9.85. The van der Waals surface area contributed by atoms with Crippen molar-refractivity contribution in [2.24, 2.45) is 10.1 Å². The van der Waals surface area contributed by atoms with Crippen LogP contribution < -0.4 is 14.3 Å². The SMILES string of the molecule is COc1ccc(OC)c(-c2csc(=Nc3cccnc3)n2N=C2CCCCc3ccccc32)c1. The smallest absolute Gasteiger partial charge is 0.211 e. The number of nitrogens with zero attached hydrogens (tertiary/aromatic N) is 4. The van der Waals surface area contributed by atoms with Gasteiger partial charge in [-0.25, -0.2) is 9.67 Å². The minimum atomic E-state index is 0.752. The van der Waals surface area contributed by atoms with Crippen molar-refractivity contribution in [2.75, 3.05) is 14.2 Å². The highest BCUT2D eigenvalue weighted by molar-refractivity contribution is 7.07. The molecule has 34 heavy (non-hydrogen) atoms. The normalized spacial score (nSPS) is 15.1. The van der Waals surface area contributed by atoms with Gasteiger partial charge in [-0.15, -0.1) is 11.3 Å². The highest BCUT2D eigenvalue weighted by Gasteiger charge is 2.18. The molecule has 0 N–H and O–H groups in total. The van der Waals surface area contributed by atoms with Crippen LogP contribution in [-0.4, -0.2) is 29.6 Å². The number of benzene rings is 2. The Morgan fingerprint density at radius 1 is 0.941 bits per heavy atom. The Bertz CT molecular complexity index is 1390. The minimum absolute atomic E-state index is 0.752. The van der Waals surface area contributed by atoms with Crippen LogP contribution in [0.2, 0.25) is 0 Å². The molecule has 0 aliphatic heterocycles. The van der Waals surface area contributed by atoms with E-state index in [9.17, 15) is 0 Å². The van der Waals surface area contributed by atoms with E-state index in [-0.39, 0.29) is 0 Å². The van der Waals surface area contributed by atoms with Crippen LogP contribution in [-0.2, 0) is 6.42 Å². The molecule has 6 nitrogen and oxygen atoms in total. The van der Waals surface area contributed by atoms with Gasteiger partial charge in [-0.2, -0.15) is 5.10 Å². The summed E-state index contributed by atoms with van der Waals surface area (Å²) in [5.41, 5.74) is 6.22. The van der Waals surface area contributed by atoms with E-state index in [0.29, 0.717) is 0 Å². The van der Waals surface area contributed by atoms with Crippen LogP contribution in [0.25, 0.3) is 11.3 Å². The Balaban J connectivity index is 1.75. The van der Waals surface area contributed by atoms with Crippen LogP contribution >= 0.6 is 11.3 Å². The zero-order valence-corrected chi connectivity index (χ0v) is 20.1. The molecule has 2 heterocycles. The van der Waals surface area contributed by atoms with Gasteiger partial charge in [0.05, 0.1) is 37.5 Å². The topological polar surface area (TPSA) is 61.0 Å². The van der Waals surface area contributed by atoms with Crippen molar-refractivity contribution in [3.63, 3.8) is 0 Å². The van der Waals surface area contributed by atoms with Gasteiger partial charge in [-0.1, -0.05) is 24.3 Å². The summed E-state index contributed by atoms with van der Waals surface area (Å²) in [6.45, 7) is 0. The molecule has 2 aromatic heterocycles. The average molecular weight is 471 g/mol. The molecule has 0 amide bonds. The lowest BCUT2D eigenvalue weighted by atomic mass is 10.0. The molecule has 4 aromatic rings. The van der Waals surface area contributed by atoms with Crippen LogP contribution in [0.4, 0.5) is 5.69 Å². The molecule has 172 valence electrons. The summed E-state index contributed by atoms with van der Waals surface area (Å²) < 4.78 is 13.1. The highest BCUT2D eigenvalue weighted by Crippen LogP contribution is 2.34. The first-order chi connectivity index (χ1) is 16.8. The van der Waals surface area contributed by atoms with Gasteiger partial charge in [0.2, 0.25) is 4.80 Å². The molecule has 0 fully saturated rings. The van der Waals surface area contributed by atoms with Gasteiger partial charge in [-0.3, -0.25) is 4.98 Å². The second-order valence-electron chi connectivity index (χ2n) is 8.02. The van der Waals surface area contributed by atoms with E-state index >= 15 is 0 Å². The molecule has 7 heteroatoms. The second kappa shape index (κ2) is 10.1. The van der Waals surface area contributed by atoms with Crippen LogP contribution in [0.5, 0.6) is 11.5 Å². The summed E-state index contributed by atoms with van der Waals surface area (Å²) >= 11 is 1.54. The standard InChI is InChI=1S/C27H26N4O2S/c1-32-21-13-14-26(33-2)23(16-21)25-18-34-27(29-20-10-7-15-28-17-20)31(25)30-24-12-6-4-9-19-8-3-5-11-22(19)24/h3,5,7-8,10-11,13-18H,4,6,9,12H2,1-2H3. The maximum absolute atomic E-state index is 5.69. The number of pyridine rings is 1. The fourth-order valence-corrected chi connectivity index (χ4v) is 5.03. The molecule has 0 saturated heterocycles. The van der Waals surface area contributed by atoms with Crippen LogP contribution in [0.1, 0.15) is 30.4 Å². The lowest BCUT2D eigenvalue weighted by molar-refractivity contribution is 0.404. The summed E-state index contributed by atoms with van der Waals surface area (Å²) in [7, 11) is 3.34. The third-order valence-electron chi connectivity index (χ3n) is 5.90. The number of aromatic nitrogens is 2. The van der Waals surface area contributed by atoms with E-state index in [1.54, 1.807) is 26.6 Å². The van der Waals surface area contributed by atoms with Gasteiger partial charge in [0, 0.05) is 22.7 Å². The first-order valence-corrected chi connectivity index (χ1v) is 12.2. The van der Waals surface area contributed by atoms with E-state index in [1.165, 1.54) is 22.5 Å². The molecule has 0 unspecified atom stereocenters. The largest absolute Gasteiger partial charge is 0.497 e. The third kappa shape index (κ3) is 4.52. The molecule has 0 radical (unpaired) electrons. The fraction of sp³-hybridized carbons (Fsp3) is 0.222. The first-order valence-electron chi connectivity index (χ1n) is 11.3. The number of ether oxygens (including phenoxy) is 2. The Morgan fingerprint density at radius 2 is 1.82 bits per heavy atom. The zero-order chi connectivity index (χ0) is 23.3. The zero-order valence-electron chi connectivity index (χ0n) is 19.3. The quantitative estimate of drug-likeness (QED) is 0.344. The Labute approximate surface area is 202 Å². The molecule has 2 aromatic carbocycles. The third-order valence-corrected chi connectivity index (χ3v) is 6.71. The molecule has 0 atom stereocenters. The molecule has 0 saturated carbocycles. The van der Waals surface area contributed by atoms with E-state index in [4.69, 9.17) is 19.6 Å². The van der Waals surface area contributed by atoms with Crippen molar-refractivity contribution in [3.05, 3.63) is 88.3 Å². The van der Waals surface area contributed by atoms with Gasteiger partial charge in [0.25, 0.3) is 0 Å². The lowest BCUT2D eigenvalue weighted by Crippen LogP contribution is -2.15. The number of hydrogen-bond donors (Lipinski definition) is 0. The molecule has 0 spiro atoms. The van der Waals surface area contributed by atoms with Crippen molar-refractivity contribution in [1.82, 2.24) is 9.66 Å². The van der Waals surface area contributed by atoms with Crippen molar-refractivity contribution in [3.8, 4) is 22.8 Å². The van der Waals surface area contributed by atoms with Gasteiger partial charge in [0.1, 0.15) is 11.5 Å². The van der Waals surface area contributed by atoms with E-state index < -0.39 is 0 Å². The predicted molar refractivity (Wildman–Crippen MR) is 136 cm³/mol.